The molecule has 0 bridgehead atoms. The van der Waals surface area contributed by atoms with Gasteiger partial charge in [-0.3, -0.25) is 0 Å². The zero-order chi connectivity index (χ0) is 23.2. The molecule has 3 N–H and O–H groups in total. The first-order chi connectivity index (χ1) is 14.9. The molecule has 0 aromatic heterocycles. The highest BCUT2D eigenvalue weighted by Gasteiger charge is 2.64. The smallest absolute Gasteiger partial charge is 0.0870 e. The number of fused-ring (bicyclic) bond motifs is 7. The van der Waals surface area contributed by atoms with Crippen LogP contribution in [0.5, 0.6) is 0 Å². The first-order valence-electron chi connectivity index (χ1n) is 13.0. The number of rotatable bonds is 3. The topological polar surface area (TPSA) is 69.9 Å². The quantitative estimate of drug-likeness (QED) is 0.594. The summed E-state index contributed by atoms with van der Waals surface area (Å²) in [4.78, 5) is 0. The lowest BCUT2D eigenvalue weighted by atomic mass is 9.50. The van der Waals surface area contributed by atoms with Gasteiger partial charge in [0, 0.05) is 5.92 Å². The molecule has 1 saturated heterocycles. The van der Waals surface area contributed by atoms with Crippen LogP contribution in [0.25, 0.3) is 0 Å². The molecule has 0 amide bonds. The third kappa shape index (κ3) is 3.16. The van der Waals surface area contributed by atoms with Gasteiger partial charge in [-0.1, -0.05) is 51.0 Å². The van der Waals surface area contributed by atoms with E-state index in [4.69, 9.17) is 4.74 Å². The molecule has 4 aliphatic carbocycles. The van der Waals surface area contributed by atoms with Crippen molar-refractivity contribution in [1.29, 1.82) is 0 Å². The molecule has 0 aromatic carbocycles. The number of hydrogen-bond donors (Lipinski definition) is 3. The number of hydrogen-bond acceptors (Lipinski definition) is 4. The van der Waals surface area contributed by atoms with Gasteiger partial charge in [-0.25, -0.2) is 0 Å². The van der Waals surface area contributed by atoms with Crippen LogP contribution in [0.1, 0.15) is 80.1 Å². The second-order valence-corrected chi connectivity index (χ2v) is 13.0. The molecule has 4 nitrogen and oxygen atoms in total. The summed E-state index contributed by atoms with van der Waals surface area (Å²) >= 11 is 0. The predicted octanol–water partition coefficient (Wildman–Crippen LogP) is 4.63. The van der Waals surface area contributed by atoms with Crippen LogP contribution < -0.4 is 0 Å². The minimum atomic E-state index is -0.926. The second-order valence-electron chi connectivity index (χ2n) is 13.0. The Hall–Kier alpha value is -0.680. The van der Waals surface area contributed by atoms with Crippen molar-refractivity contribution < 1.29 is 20.1 Å². The molecule has 0 spiro atoms. The van der Waals surface area contributed by atoms with Gasteiger partial charge >= 0.3 is 0 Å². The van der Waals surface area contributed by atoms with Crippen LogP contribution in [0.4, 0.5) is 0 Å². The van der Waals surface area contributed by atoms with Crippen molar-refractivity contribution in [1.82, 2.24) is 0 Å². The van der Waals surface area contributed by atoms with Gasteiger partial charge in [-0.15, -0.1) is 0 Å². The Morgan fingerprint density at radius 3 is 2.53 bits per heavy atom. The normalized spacial score (nSPS) is 49.8. The maximum Gasteiger partial charge on any atom is 0.0870 e. The number of allylic oxidation sites excluding steroid dienone is 3. The number of aliphatic hydroxyl groups is 3. The van der Waals surface area contributed by atoms with Gasteiger partial charge in [0.25, 0.3) is 0 Å². The molecule has 32 heavy (non-hydrogen) atoms. The second kappa shape index (κ2) is 7.41. The molecule has 1 heterocycles. The number of ether oxygens (including phenoxy) is 1. The summed E-state index contributed by atoms with van der Waals surface area (Å²) < 4.78 is 6.62. The molecular formula is C28H44O4. The Kier molecular flexibility index (Phi) is 5.34. The molecule has 3 saturated carbocycles. The molecule has 0 radical (unpaired) electrons. The third-order valence-corrected chi connectivity index (χ3v) is 11.0. The highest BCUT2D eigenvalue weighted by atomic mass is 16.5. The monoisotopic (exact) mass is 444 g/mol. The van der Waals surface area contributed by atoms with E-state index in [9.17, 15) is 15.3 Å². The van der Waals surface area contributed by atoms with Crippen molar-refractivity contribution >= 4 is 0 Å². The van der Waals surface area contributed by atoms with E-state index in [1.807, 2.05) is 6.92 Å². The van der Waals surface area contributed by atoms with Gasteiger partial charge in [0.2, 0.25) is 0 Å². The fraction of sp³-hybridized carbons (Fsp3) is 0.857. The van der Waals surface area contributed by atoms with Crippen LogP contribution in [0.15, 0.2) is 23.3 Å². The summed E-state index contributed by atoms with van der Waals surface area (Å²) in [5.41, 5.74) is 2.57. The van der Waals surface area contributed by atoms with Gasteiger partial charge in [0.15, 0.2) is 0 Å². The third-order valence-electron chi connectivity index (χ3n) is 11.0. The maximum atomic E-state index is 11.1. The average molecular weight is 445 g/mol. The van der Waals surface area contributed by atoms with E-state index in [1.54, 1.807) is 19.4 Å². The van der Waals surface area contributed by atoms with Crippen molar-refractivity contribution in [2.75, 3.05) is 0 Å². The zero-order valence-electron chi connectivity index (χ0n) is 20.8. The largest absolute Gasteiger partial charge is 0.393 e. The van der Waals surface area contributed by atoms with E-state index in [1.165, 1.54) is 18.4 Å². The van der Waals surface area contributed by atoms with Gasteiger partial charge in [0.05, 0.1) is 30.0 Å². The Bertz CT molecular complexity index is 824. The molecule has 0 aromatic rings. The molecule has 1 aliphatic heterocycles. The van der Waals surface area contributed by atoms with E-state index >= 15 is 0 Å². The minimum Gasteiger partial charge on any atom is -0.393 e. The summed E-state index contributed by atoms with van der Waals surface area (Å²) in [7, 11) is 0. The van der Waals surface area contributed by atoms with Crippen LogP contribution in [-0.2, 0) is 4.74 Å². The lowest BCUT2D eigenvalue weighted by molar-refractivity contribution is -0.112. The Balaban J connectivity index is 1.41. The fourth-order valence-corrected chi connectivity index (χ4v) is 8.72. The molecule has 4 heteroatoms. The van der Waals surface area contributed by atoms with E-state index in [0.29, 0.717) is 17.8 Å². The van der Waals surface area contributed by atoms with Crippen LogP contribution in [0.3, 0.4) is 0 Å². The first kappa shape index (κ1) is 23.1. The summed E-state index contributed by atoms with van der Waals surface area (Å²) in [5, 5.41) is 31.8. The van der Waals surface area contributed by atoms with Crippen molar-refractivity contribution in [3.63, 3.8) is 0 Å². The summed E-state index contributed by atoms with van der Waals surface area (Å²) in [6.07, 6.45) is 10.2. The SMILES string of the molecule is CC1C(C(O)C(C)C(C)(C)O)OC2CC3C4=CC=C5CC(O)CCC5(C)C4CCC3(C)C21. The van der Waals surface area contributed by atoms with Gasteiger partial charge in [-0.2, -0.15) is 0 Å². The zero-order valence-corrected chi connectivity index (χ0v) is 20.8. The van der Waals surface area contributed by atoms with Crippen LogP contribution in [0.2, 0.25) is 0 Å². The Morgan fingerprint density at radius 1 is 1.12 bits per heavy atom. The van der Waals surface area contributed by atoms with Crippen LogP contribution in [0, 0.1) is 40.4 Å². The van der Waals surface area contributed by atoms with Crippen LogP contribution in [-0.4, -0.2) is 45.3 Å². The lowest BCUT2D eigenvalue weighted by Crippen LogP contribution is -2.48. The summed E-state index contributed by atoms with van der Waals surface area (Å²) in [6, 6.07) is 0. The highest BCUT2D eigenvalue weighted by Crippen LogP contribution is 2.68. The molecule has 4 fully saturated rings. The maximum absolute atomic E-state index is 11.1. The minimum absolute atomic E-state index is 0.173. The fourth-order valence-electron chi connectivity index (χ4n) is 8.72. The van der Waals surface area contributed by atoms with Crippen LogP contribution >= 0.6 is 0 Å². The Morgan fingerprint density at radius 2 is 1.84 bits per heavy atom. The first-order valence-corrected chi connectivity index (χ1v) is 13.0. The van der Waals surface area contributed by atoms with E-state index in [-0.39, 0.29) is 41.0 Å². The van der Waals surface area contributed by atoms with Gasteiger partial charge < -0.3 is 20.1 Å². The average Bonchev–Trinajstić information content (AvgIpc) is 3.20. The molecule has 11 atom stereocenters. The van der Waals surface area contributed by atoms with Crippen molar-refractivity contribution in [3.8, 4) is 0 Å². The molecule has 5 aliphatic rings. The van der Waals surface area contributed by atoms with Gasteiger partial charge in [0.1, 0.15) is 0 Å². The predicted molar refractivity (Wildman–Crippen MR) is 126 cm³/mol. The standard InChI is InChI=1S/C28H44O4/c1-15-23-22(32-25(15)24(30)16(2)26(3,4)31)14-21-19-8-7-17-13-18(29)9-11-27(17,5)20(19)10-12-28(21,23)6/h7-8,15-16,18,20-25,29-31H,9-14H2,1-6H3. The van der Waals surface area contributed by atoms with E-state index in [0.717, 1.165) is 25.7 Å². The summed E-state index contributed by atoms with van der Waals surface area (Å²) in [6.45, 7) is 12.7. The molecule has 5 rings (SSSR count). The van der Waals surface area contributed by atoms with Crippen molar-refractivity contribution in [3.05, 3.63) is 23.3 Å². The number of aliphatic hydroxyl groups excluding tert-OH is 2. The van der Waals surface area contributed by atoms with Gasteiger partial charge in [-0.05, 0) is 86.9 Å². The summed E-state index contributed by atoms with van der Waals surface area (Å²) in [5.74, 6) is 1.64. The van der Waals surface area contributed by atoms with Crippen molar-refractivity contribution in [2.24, 2.45) is 40.4 Å². The molecule has 11 unspecified atom stereocenters. The lowest BCUT2D eigenvalue weighted by Gasteiger charge is -2.55. The molecular weight excluding hydrogens is 400 g/mol. The van der Waals surface area contributed by atoms with E-state index < -0.39 is 11.7 Å². The highest BCUT2D eigenvalue weighted by molar-refractivity contribution is 5.39. The Labute approximate surface area is 194 Å². The van der Waals surface area contributed by atoms with Crippen molar-refractivity contribution in [2.45, 2.75) is 110 Å². The molecule has 180 valence electrons. The van der Waals surface area contributed by atoms with E-state index in [2.05, 4.69) is 32.9 Å².